The van der Waals surface area contributed by atoms with Crippen LogP contribution in [0.15, 0.2) is 11.1 Å². The van der Waals surface area contributed by atoms with Crippen LogP contribution < -0.4 is 0 Å². The molecule has 168 valence electrons. The number of hydrogen-bond donors (Lipinski definition) is 4. The first-order valence-electron chi connectivity index (χ1n) is 10.4. The third-order valence-corrected chi connectivity index (χ3v) is 7.41. The third-order valence-electron chi connectivity index (χ3n) is 7.41. The smallest absolute Gasteiger partial charge is 0.309 e. The molecule has 4 heterocycles. The number of aliphatic hydroxyl groups is 2. The summed E-state index contributed by atoms with van der Waals surface area (Å²) in [5, 5.41) is 44.1. The Hall–Kier alpha value is -2.79. The van der Waals surface area contributed by atoms with Crippen LogP contribution in [0.1, 0.15) is 64.6 Å². The molecule has 7 rings (SSSR count). The molecule has 0 amide bonds. The molecule has 10 heteroatoms. The lowest BCUT2D eigenvalue weighted by atomic mass is 9.66. The lowest BCUT2D eigenvalue weighted by Crippen LogP contribution is -2.58. The second-order valence-electron chi connectivity index (χ2n) is 9.00. The molecule has 2 fully saturated rings. The molecule has 0 saturated carbocycles. The number of fused-ring (bicyclic) bond motifs is 5. The molecule has 10 nitrogen and oxygen atoms in total. The third kappa shape index (κ3) is 2.06. The predicted molar refractivity (Wildman–Crippen MR) is 102 cm³/mol. The van der Waals surface area contributed by atoms with Gasteiger partial charge in [-0.15, -0.1) is 0 Å². The maximum Gasteiger partial charge on any atom is 0.309 e. The Bertz CT molecular complexity index is 1170. The highest BCUT2D eigenvalue weighted by Gasteiger charge is 2.60. The molecule has 7 atom stereocenters. The zero-order chi connectivity index (χ0) is 22.9. The Morgan fingerprint density at radius 2 is 1.62 bits per heavy atom. The van der Waals surface area contributed by atoms with Crippen LogP contribution in [0.25, 0.3) is 0 Å². The van der Waals surface area contributed by atoms with E-state index in [9.17, 15) is 34.8 Å². The highest BCUT2D eigenvalue weighted by Crippen LogP contribution is 2.59. The summed E-state index contributed by atoms with van der Waals surface area (Å²) >= 11 is 0. The first kappa shape index (κ1) is 19.9. The van der Waals surface area contributed by atoms with Gasteiger partial charge in [-0.1, -0.05) is 0 Å². The molecule has 1 unspecified atom stereocenters. The van der Waals surface area contributed by atoms with Crippen LogP contribution >= 0.6 is 0 Å². The summed E-state index contributed by atoms with van der Waals surface area (Å²) in [5.41, 5.74) is -3.36. The molecule has 1 aromatic rings. The molecule has 4 aliphatic heterocycles. The lowest BCUT2D eigenvalue weighted by molar-refractivity contribution is -0.246. The van der Waals surface area contributed by atoms with E-state index in [1.807, 2.05) is 0 Å². The number of carbonyl (C=O) groups is 3. The maximum absolute atomic E-state index is 13.6. The quantitative estimate of drug-likeness (QED) is 0.323. The standard InChI is InChI=1S/C22H20O10/c1-5-11-15(21-8(30-5)4-10(24)32-21)19(27)13-14(17(11)25)20(28)16-12(18(13)26)7-3-9(23)22(16,29)6(2)31-7/h5-9,21,23,26,28-29H,3-4H2,1-2H3/t5?,6-,7+,8+,9-,21-,22+/m1/s1. The minimum atomic E-state index is -2.08. The van der Waals surface area contributed by atoms with E-state index in [1.165, 1.54) is 6.92 Å². The van der Waals surface area contributed by atoms with Gasteiger partial charge in [-0.25, -0.2) is 0 Å². The summed E-state index contributed by atoms with van der Waals surface area (Å²) in [6.45, 7) is 3.06. The summed E-state index contributed by atoms with van der Waals surface area (Å²) in [4.78, 5) is 39.0. The Morgan fingerprint density at radius 1 is 0.969 bits per heavy atom. The molecule has 0 radical (unpaired) electrons. The Kier molecular flexibility index (Phi) is 3.70. The maximum atomic E-state index is 13.6. The number of hydrogen-bond acceptors (Lipinski definition) is 10. The average molecular weight is 444 g/mol. The minimum Gasteiger partial charge on any atom is -0.507 e. The van der Waals surface area contributed by atoms with Crippen LogP contribution in [0.4, 0.5) is 0 Å². The Morgan fingerprint density at radius 3 is 2.31 bits per heavy atom. The van der Waals surface area contributed by atoms with Crippen molar-refractivity contribution >= 4 is 17.5 Å². The van der Waals surface area contributed by atoms with E-state index in [-0.39, 0.29) is 35.1 Å². The van der Waals surface area contributed by atoms with Crippen molar-refractivity contribution in [1.82, 2.24) is 0 Å². The van der Waals surface area contributed by atoms with Crippen molar-refractivity contribution in [3.05, 3.63) is 33.4 Å². The number of ketones is 2. The number of benzene rings is 1. The molecule has 1 aromatic carbocycles. The zero-order valence-corrected chi connectivity index (χ0v) is 17.1. The van der Waals surface area contributed by atoms with Gasteiger partial charge in [0, 0.05) is 23.1 Å². The van der Waals surface area contributed by atoms with Gasteiger partial charge in [-0.3, -0.25) is 14.4 Å². The van der Waals surface area contributed by atoms with Crippen molar-refractivity contribution in [2.24, 2.45) is 0 Å². The van der Waals surface area contributed by atoms with Gasteiger partial charge in [0.2, 0.25) is 0 Å². The number of ether oxygens (including phenoxy) is 3. The fraction of sp³-hybridized carbons (Fsp3) is 0.500. The highest BCUT2D eigenvalue weighted by atomic mass is 16.6. The van der Waals surface area contributed by atoms with Crippen molar-refractivity contribution in [2.75, 3.05) is 0 Å². The fourth-order valence-corrected chi connectivity index (χ4v) is 5.95. The summed E-state index contributed by atoms with van der Waals surface area (Å²) in [6.07, 6.45) is -5.98. The molecule has 2 bridgehead atoms. The van der Waals surface area contributed by atoms with Crippen LogP contribution in [0, 0.1) is 0 Å². The predicted octanol–water partition coefficient (Wildman–Crippen LogP) is 0.288. The van der Waals surface area contributed by atoms with Crippen molar-refractivity contribution in [3.63, 3.8) is 0 Å². The van der Waals surface area contributed by atoms with Gasteiger partial charge in [-0.05, 0) is 13.8 Å². The normalized spacial score (nSPS) is 39.4. The summed E-state index contributed by atoms with van der Waals surface area (Å²) < 4.78 is 16.7. The highest BCUT2D eigenvalue weighted by molar-refractivity contribution is 6.30. The molecular weight excluding hydrogens is 424 g/mol. The monoisotopic (exact) mass is 444 g/mol. The SMILES string of the molecule is CC1O[C@H]2CC(=O)O[C@H]2C2=C1C(=O)c1c(O)c3c(c(O)c1C2=O)[C@@H]1C[C@@H](O)[C@@]3(O)[C@@H](C)O1. The lowest BCUT2D eigenvalue weighted by Gasteiger charge is -2.52. The van der Waals surface area contributed by atoms with Crippen LogP contribution in [0.5, 0.6) is 11.5 Å². The molecule has 32 heavy (non-hydrogen) atoms. The topological polar surface area (TPSA) is 160 Å². The van der Waals surface area contributed by atoms with Crippen molar-refractivity contribution in [2.45, 2.75) is 68.9 Å². The second kappa shape index (κ2) is 5.96. The first-order valence-corrected chi connectivity index (χ1v) is 10.4. The largest absolute Gasteiger partial charge is 0.507 e. The van der Waals surface area contributed by atoms with Crippen LogP contribution in [0.2, 0.25) is 0 Å². The van der Waals surface area contributed by atoms with Crippen LogP contribution in [0.3, 0.4) is 0 Å². The average Bonchev–Trinajstić information content (AvgIpc) is 3.09. The molecule has 0 aromatic heterocycles. The number of esters is 1. The number of Topliss-reactive ketones (excluding diaryl/α,β-unsaturated/α-hetero) is 2. The van der Waals surface area contributed by atoms with Gasteiger partial charge in [0.25, 0.3) is 0 Å². The van der Waals surface area contributed by atoms with E-state index in [0.29, 0.717) is 0 Å². The van der Waals surface area contributed by atoms with Gasteiger partial charge in [0.15, 0.2) is 17.7 Å². The number of aromatic hydroxyl groups is 2. The second-order valence-corrected chi connectivity index (χ2v) is 9.00. The van der Waals surface area contributed by atoms with Gasteiger partial charge >= 0.3 is 5.97 Å². The Balaban J connectivity index is 1.64. The van der Waals surface area contributed by atoms with Gasteiger partial charge in [0.05, 0.1) is 47.5 Å². The van der Waals surface area contributed by atoms with E-state index in [1.54, 1.807) is 6.92 Å². The van der Waals surface area contributed by atoms with E-state index >= 15 is 0 Å². The summed E-state index contributed by atoms with van der Waals surface area (Å²) in [6, 6.07) is 0. The van der Waals surface area contributed by atoms with E-state index < -0.39 is 82.4 Å². The number of aliphatic hydroxyl groups excluding tert-OH is 1. The summed E-state index contributed by atoms with van der Waals surface area (Å²) in [7, 11) is 0. The number of phenolic OH excluding ortho intramolecular Hbond substituents is 2. The minimum absolute atomic E-state index is 0.0302. The molecule has 2 saturated heterocycles. The fourth-order valence-electron chi connectivity index (χ4n) is 5.95. The van der Waals surface area contributed by atoms with Crippen molar-refractivity contribution in [1.29, 1.82) is 0 Å². The van der Waals surface area contributed by atoms with E-state index in [4.69, 9.17) is 14.2 Å². The molecule has 6 aliphatic rings. The number of carbonyl (C=O) groups excluding carboxylic acids is 3. The van der Waals surface area contributed by atoms with Crippen molar-refractivity contribution in [3.8, 4) is 11.5 Å². The summed E-state index contributed by atoms with van der Waals surface area (Å²) in [5.74, 6) is -3.38. The Labute approximate surface area is 181 Å². The molecule has 2 aliphatic carbocycles. The van der Waals surface area contributed by atoms with Gasteiger partial charge < -0.3 is 34.6 Å². The van der Waals surface area contributed by atoms with E-state index in [2.05, 4.69) is 0 Å². The molecule has 0 spiro atoms. The van der Waals surface area contributed by atoms with E-state index in [0.717, 1.165) is 0 Å². The molecular formula is C22H20O10. The van der Waals surface area contributed by atoms with Gasteiger partial charge in [-0.2, -0.15) is 0 Å². The van der Waals surface area contributed by atoms with Gasteiger partial charge in [0.1, 0.15) is 23.2 Å². The van der Waals surface area contributed by atoms with Crippen LogP contribution in [-0.2, 0) is 24.6 Å². The van der Waals surface area contributed by atoms with Crippen molar-refractivity contribution < 1.29 is 49.0 Å². The molecule has 4 N–H and O–H groups in total. The zero-order valence-electron chi connectivity index (χ0n) is 17.1. The first-order chi connectivity index (χ1) is 15.1. The number of rotatable bonds is 0. The van der Waals surface area contributed by atoms with Crippen LogP contribution in [-0.4, -0.2) is 68.5 Å². The number of phenols is 2.